The molecule has 3 N–H and O–H groups in total. The maximum atomic E-state index is 11.5. The number of phenolic OH excluding ortho intramolecular Hbond substituents is 1. The van der Waals surface area contributed by atoms with E-state index in [0.29, 0.717) is 17.7 Å². The monoisotopic (exact) mass is 267 g/mol. The SMILES string of the molecule is C[C@H](O)Cc1ccc(NC(=O)OC(C)(C)C)cc1O. The van der Waals surface area contributed by atoms with Gasteiger partial charge < -0.3 is 14.9 Å². The summed E-state index contributed by atoms with van der Waals surface area (Å²) in [5.41, 5.74) is 0.504. The smallest absolute Gasteiger partial charge is 0.412 e. The third-order valence-electron chi connectivity index (χ3n) is 2.25. The van der Waals surface area contributed by atoms with Crippen LogP contribution in [0.4, 0.5) is 10.5 Å². The molecule has 0 bridgehead atoms. The molecule has 0 heterocycles. The molecule has 1 rings (SSSR count). The number of aliphatic hydroxyl groups excluding tert-OH is 1. The Morgan fingerprint density at radius 1 is 1.42 bits per heavy atom. The Labute approximate surface area is 113 Å². The highest BCUT2D eigenvalue weighted by Gasteiger charge is 2.16. The topological polar surface area (TPSA) is 78.8 Å². The minimum Gasteiger partial charge on any atom is -0.508 e. The van der Waals surface area contributed by atoms with E-state index < -0.39 is 17.8 Å². The Bertz CT molecular complexity index is 449. The van der Waals surface area contributed by atoms with Gasteiger partial charge in [0.25, 0.3) is 0 Å². The molecule has 1 atom stereocenters. The summed E-state index contributed by atoms with van der Waals surface area (Å²) >= 11 is 0. The molecule has 1 aromatic carbocycles. The first-order chi connectivity index (χ1) is 8.67. The summed E-state index contributed by atoms with van der Waals surface area (Å²) in [4.78, 5) is 11.5. The Hall–Kier alpha value is -1.75. The van der Waals surface area contributed by atoms with Gasteiger partial charge in [-0.05, 0) is 39.3 Å². The number of anilines is 1. The highest BCUT2D eigenvalue weighted by Crippen LogP contribution is 2.23. The number of benzene rings is 1. The second-order valence-electron chi connectivity index (χ2n) is 5.52. The van der Waals surface area contributed by atoms with Crippen molar-refractivity contribution in [2.24, 2.45) is 0 Å². The zero-order chi connectivity index (χ0) is 14.6. The number of aliphatic hydroxyl groups is 1. The third kappa shape index (κ3) is 5.61. The molecule has 0 spiro atoms. The van der Waals surface area contributed by atoms with Gasteiger partial charge in [0, 0.05) is 18.2 Å². The van der Waals surface area contributed by atoms with Crippen LogP contribution >= 0.6 is 0 Å². The van der Waals surface area contributed by atoms with E-state index in [1.807, 2.05) is 0 Å². The van der Waals surface area contributed by atoms with Crippen molar-refractivity contribution in [2.75, 3.05) is 5.32 Å². The Morgan fingerprint density at radius 2 is 2.05 bits per heavy atom. The summed E-state index contributed by atoms with van der Waals surface area (Å²) in [5.74, 6) is 0.0365. The highest BCUT2D eigenvalue weighted by molar-refractivity contribution is 5.85. The van der Waals surface area contributed by atoms with E-state index in [4.69, 9.17) is 4.74 Å². The van der Waals surface area contributed by atoms with Gasteiger partial charge >= 0.3 is 6.09 Å². The molecule has 0 aliphatic rings. The van der Waals surface area contributed by atoms with Crippen molar-refractivity contribution in [2.45, 2.75) is 45.8 Å². The molecule has 106 valence electrons. The maximum Gasteiger partial charge on any atom is 0.412 e. The van der Waals surface area contributed by atoms with Crippen molar-refractivity contribution in [3.8, 4) is 5.75 Å². The van der Waals surface area contributed by atoms with Gasteiger partial charge in [0.1, 0.15) is 11.4 Å². The van der Waals surface area contributed by atoms with Crippen LogP contribution in [0.25, 0.3) is 0 Å². The first kappa shape index (κ1) is 15.3. The van der Waals surface area contributed by atoms with Gasteiger partial charge in [0.05, 0.1) is 6.10 Å². The molecule has 0 aliphatic carbocycles. The highest BCUT2D eigenvalue weighted by atomic mass is 16.6. The number of rotatable bonds is 3. The fourth-order valence-corrected chi connectivity index (χ4v) is 1.55. The van der Waals surface area contributed by atoms with Crippen molar-refractivity contribution in [1.82, 2.24) is 0 Å². The lowest BCUT2D eigenvalue weighted by atomic mass is 10.1. The molecule has 0 aliphatic heterocycles. The minimum atomic E-state index is -0.574. The molecule has 1 amide bonds. The molecule has 0 fully saturated rings. The van der Waals surface area contributed by atoms with Crippen LogP contribution in [0.3, 0.4) is 0 Å². The van der Waals surface area contributed by atoms with Gasteiger partial charge in [-0.15, -0.1) is 0 Å². The lowest BCUT2D eigenvalue weighted by Crippen LogP contribution is -2.27. The van der Waals surface area contributed by atoms with Crippen LogP contribution in [-0.4, -0.2) is 28.0 Å². The number of hydrogen-bond acceptors (Lipinski definition) is 4. The van der Waals surface area contributed by atoms with Crippen molar-refractivity contribution in [3.63, 3.8) is 0 Å². The first-order valence-corrected chi connectivity index (χ1v) is 6.17. The molecule has 0 unspecified atom stereocenters. The molecule has 1 aromatic rings. The predicted molar refractivity (Wildman–Crippen MR) is 73.3 cm³/mol. The number of ether oxygens (including phenoxy) is 1. The second kappa shape index (κ2) is 5.93. The number of aromatic hydroxyl groups is 1. The van der Waals surface area contributed by atoms with E-state index in [-0.39, 0.29) is 5.75 Å². The molecule has 0 saturated heterocycles. The maximum absolute atomic E-state index is 11.5. The van der Waals surface area contributed by atoms with Crippen molar-refractivity contribution >= 4 is 11.8 Å². The quantitative estimate of drug-likeness (QED) is 0.786. The van der Waals surface area contributed by atoms with E-state index in [9.17, 15) is 15.0 Å². The molecular formula is C14H21NO4. The van der Waals surface area contributed by atoms with Crippen LogP contribution in [0, 0.1) is 0 Å². The number of carbonyl (C=O) groups excluding carboxylic acids is 1. The van der Waals surface area contributed by atoms with E-state index in [0.717, 1.165) is 0 Å². The third-order valence-corrected chi connectivity index (χ3v) is 2.25. The Morgan fingerprint density at radius 3 is 2.53 bits per heavy atom. The number of hydrogen-bond donors (Lipinski definition) is 3. The molecule has 5 heteroatoms. The average Bonchev–Trinajstić information content (AvgIpc) is 2.18. The first-order valence-electron chi connectivity index (χ1n) is 6.17. The summed E-state index contributed by atoms with van der Waals surface area (Å²) in [6.07, 6.45) is -0.746. The molecular weight excluding hydrogens is 246 g/mol. The Balaban J connectivity index is 2.71. The largest absolute Gasteiger partial charge is 0.508 e. The van der Waals surface area contributed by atoms with Gasteiger partial charge in [-0.25, -0.2) is 4.79 Å². The van der Waals surface area contributed by atoms with Gasteiger partial charge in [-0.1, -0.05) is 6.07 Å². The van der Waals surface area contributed by atoms with Crippen LogP contribution in [-0.2, 0) is 11.2 Å². The number of amides is 1. The van der Waals surface area contributed by atoms with Crippen LogP contribution < -0.4 is 5.32 Å². The number of phenols is 1. The number of nitrogens with one attached hydrogen (secondary N) is 1. The summed E-state index contributed by atoms with van der Waals surface area (Å²) in [5, 5.41) is 21.6. The van der Waals surface area contributed by atoms with Crippen LogP contribution in [0.2, 0.25) is 0 Å². The summed E-state index contributed by atoms with van der Waals surface area (Å²) < 4.78 is 5.10. The molecule has 0 radical (unpaired) electrons. The van der Waals surface area contributed by atoms with Crippen LogP contribution in [0.1, 0.15) is 33.3 Å². The lowest BCUT2D eigenvalue weighted by Gasteiger charge is -2.19. The van der Waals surface area contributed by atoms with E-state index in [1.165, 1.54) is 6.07 Å². The summed E-state index contributed by atoms with van der Waals surface area (Å²) in [7, 11) is 0. The van der Waals surface area contributed by atoms with Gasteiger partial charge in [0.2, 0.25) is 0 Å². The van der Waals surface area contributed by atoms with Gasteiger partial charge in [-0.2, -0.15) is 0 Å². The predicted octanol–water partition coefficient (Wildman–Crippen LogP) is 2.66. The fraction of sp³-hybridized carbons (Fsp3) is 0.500. The standard InChI is InChI=1S/C14H21NO4/c1-9(16)7-10-5-6-11(8-12(10)17)15-13(18)19-14(2,3)4/h5-6,8-9,16-17H,7H2,1-4H3,(H,15,18)/t9-/m0/s1. The second-order valence-corrected chi connectivity index (χ2v) is 5.52. The molecule has 0 saturated carbocycles. The van der Waals surface area contributed by atoms with Crippen molar-refractivity contribution in [3.05, 3.63) is 23.8 Å². The lowest BCUT2D eigenvalue weighted by molar-refractivity contribution is 0.0636. The fourth-order valence-electron chi connectivity index (χ4n) is 1.55. The normalized spacial score (nSPS) is 12.9. The molecule has 5 nitrogen and oxygen atoms in total. The minimum absolute atomic E-state index is 0.0365. The number of carbonyl (C=O) groups is 1. The van der Waals surface area contributed by atoms with Crippen molar-refractivity contribution in [1.29, 1.82) is 0 Å². The summed E-state index contributed by atoms with van der Waals surface area (Å²) in [6.45, 7) is 6.97. The average molecular weight is 267 g/mol. The van der Waals surface area contributed by atoms with Gasteiger partial charge in [-0.3, -0.25) is 5.32 Å². The zero-order valence-corrected chi connectivity index (χ0v) is 11.7. The van der Waals surface area contributed by atoms with Gasteiger partial charge in [0.15, 0.2) is 0 Å². The zero-order valence-electron chi connectivity index (χ0n) is 11.7. The Kier molecular flexibility index (Phi) is 4.78. The molecule has 0 aromatic heterocycles. The summed E-state index contributed by atoms with van der Waals surface area (Å²) in [6, 6.07) is 4.75. The van der Waals surface area contributed by atoms with Crippen LogP contribution in [0.15, 0.2) is 18.2 Å². The van der Waals surface area contributed by atoms with E-state index in [1.54, 1.807) is 39.8 Å². The molecule has 19 heavy (non-hydrogen) atoms. The van der Waals surface area contributed by atoms with Crippen LogP contribution in [0.5, 0.6) is 5.75 Å². The van der Waals surface area contributed by atoms with E-state index >= 15 is 0 Å². The van der Waals surface area contributed by atoms with Crippen molar-refractivity contribution < 1.29 is 19.7 Å². The van der Waals surface area contributed by atoms with E-state index in [2.05, 4.69) is 5.32 Å².